The number of nitrogens with zero attached hydrogens (tertiary/aromatic N) is 3. The predicted octanol–water partition coefficient (Wildman–Crippen LogP) is 8.04. The van der Waals surface area contributed by atoms with E-state index in [0.717, 1.165) is 37.8 Å². The van der Waals surface area contributed by atoms with Gasteiger partial charge in [-0.1, -0.05) is 52.3 Å². The first-order valence-corrected chi connectivity index (χ1v) is 11.7. The predicted molar refractivity (Wildman–Crippen MR) is 141 cm³/mol. The topological polar surface area (TPSA) is 22.8 Å². The van der Waals surface area contributed by atoms with E-state index in [9.17, 15) is 0 Å². The normalized spacial score (nSPS) is 11.8. The minimum absolute atomic E-state index is 1.02. The first-order chi connectivity index (χ1) is 16.3. The Balaban J connectivity index is 1.58. The highest BCUT2D eigenvalue weighted by Crippen LogP contribution is 2.36. The fourth-order valence-electron chi connectivity index (χ4n) is 5.04. The summed E-state index contributed by atoms with van der Waals surface area (Å²) in [6.45, 7) is 0. The quantitative estimate of drug-likeness (QED) is 0.242. The molecular formula is C29H18BrN3. The van der Waals surface area contributed by atoms with Crippen LogP contribution in [-0.4, -0.2) is 14.1 Å². The van der Waals surface area contributed by atoms with Gasteiger partial charge in [0.15, 0.2) is 0 Å². The van der Waals surface area contributed by atoms with Gasteiger partial charge in [-0.2, -0.15) is 0 Å². The maximum absolute atomic E-state index is 4.78. The van der Waals surface area contributed by atoms with Gasteiger partial charge in [-0.25, -0.2) is 0 Å². The van der Waals surface area contributed by atoms with Gasteiger partial charge in [0, 0.05) is 38.2 Å². The Bertz CT molecular complexity index is 1830. The van der Waals surface area contributed by atoms with Crippen LogP contribution in [0.4, 0.5) is 0 Å². The monoisotopic (exact) mass is 487 g/mol. The van der Waals surface area contributed by atoms with Crippen molar-refractivity contribution < 1.29 is 0 Å². The molecule has 0 N–H and O–H groups in total. The molecule has 0 aliphatic carbocycles. The summed E-state index contributed by atoms with van der Waals surface area (Å²) in [5.41, 5.74) is 7.95. The summed E-state index contributed by atoms with van der Waals surface area (Å²) in [7, 11) is 0. The van der Waals surface area contributed by atoms with Gasteiger partial charge >= 0.3 is 0 Å². The molecule has 4 aromatic carbocycles. The number of pyridine rings is 1. The summed E-state index contributed by atoms with van der Waals surface area (Å²) in [6.07, 6.45) is 1.88. The highest BCUT2D eigenvalue weighted by Gasteiger charge is 2.16. The van der Waals surface area contributed by atoms with Gasteiger partial charge in [0.05, 0.1) is 27.6 Å². The van der Waals surface area contributed by atoms with Crippen molar-refractivity contribution in [2.24, 2.45) is 0 Å². The Kier molecular flexibility index (Phi) is 3.99. The van der Waals surface area contributed by atoms with Gasteiger partial charge in [0.2, 0.25) is 0 Å². The van der Waals surface area contributed by atoms with Crippen LogP contribution in [0.2, 0.25) is 0 Å². The lowest BCUT2D eigenvalue weighted by Crippen LogP contribution is -1.95. The van der Waals surface area contributed by atoms with Crippen LogP contribution in [0.3, 0.4) is 0 Å². The van der Waals surface area contributed by atoms with E-state index in [1.165, 1.54) is 21.8 Å². The van der Waals surface area contributed by atoms with Crippen LogP contribution in [0.5, 0.6) is 0 Å². The van der Waals surface area contributed by atoms with Gasteiger partial charge < -0.3 is 9.13 Å². The molecule has 0 saturated carbocycles. The Morgan fingerprint density at radius 3 is 2.12 bits per heavy atom. The minimum atomic E-state index is 1.02. The van der Waals surface area contributed by atoms with Crippen LogP contribution in [0, 0.1) is 0 Å². The zero-order valence-electron chi connectivity index (χ0n) is 17.6. The largest absolute Gasteiger partial charge is 0.309 e. The van der Waals surface area contributed by atoms with Crippen molar-refractivity contribution in [1.82, 2.24) is 14.1 Å². The lowest BCUT2D eigenvalue weighted by molar-refractivity contribution is 1.16. The first kappa shape index (κ1) is 18.7. The Morgan fingerprint density at radius 2 is 1.21 bits per heavy atom. The average molecular weight is 488 g/mol. The second-order valence-corrected chi connectivity index (χ2v) is 9.17. The van der Waals surface area contributed by atoms with E-state index >= 15 is 0 Å². The Morgan fingerprint density at radius 1 is 0.515 bits per heavy atom. The Hall–Kier alpha value is -3.89. The number of hydrogen-bond acceptors (Lipinski definition) is 1. The number of hydrogen-bond donors (Lipinski definition) is 0. The molecule has 7 aromatic rings. The molecule has 3 aromatic heterocycles. The lowest BCUT2D eigenvalue weighted by atomic mass is 10.2. The van der Waals surface area contributed by atoms with Crippen LogP contribution < -0.4 is 0 Å². The molecule has 0 aliphatic rings. The van der Waals surface area contributed by atoms with E-state index in [2.05, 4.69) is 116 Å². The molecule has 3 nitrogen and oxygen atoms in total. The third-order valence-corrected chi connectivity index (χ3v) is 6.90. The summed E-state index contributed by atoms with van der Waals surface area (Å²) >= 11 is 3.65. The molecule has 0 saturated heterocycles. The highest BCUT2D eigenvalue weighted by atomic mass is 79.9. The fraction of sp³-hybridized carbons (Fsp3) is 0. The van der Waals surface area contributed by atoms with Crippen molar-refractivity contribution in [3.05, 3.63) is 114 Å². The van der Waals surface area contributed by atoms with Crippen molar-refractivity contribution in [1.29, 1.82) is 0 Å². The molecule has 7 rings (SSSR count). The molecule has 0 bridgehead atoms. The fourth-order valence-corrected chi connectivity index (χ4v) is 5.40. The molecule has 33 heavy (non-hydrogen) atoms. The zero-order valence-corrected chi connectivity index (χ0v) is 19.2. The van der Waals surface area contributed by atoms with E-state index in [-0.39, 0.29) is 0 Å². The van der Waals surface area contributed by atoms with Gasteiger partial charge in [0.1, 0.15) is 0 Å². The molecule has 0 spiro atoms. The van der Waals surface area contributed by atoms with Crippen molar-refractivity contribution >= 4 is 59.7 Å². The maximum Gasteiger partial charge on any atom is 0.0964 e. The molecular weight excluding hydrogens is 470 g/mol. The molecule has 0 aliphatic heterocycles. The summed E-state index contributed by atoms with van der Waals surface area (Å²) < 4.78 is 5.73. The molecule has 4 heteroatoms. The maximum atomic E-state index is 4.78. The number of para-hydroxylation sites is 2. The zero-order chi connectivity index (χ0) is 21.9. The molecule has 0 atom stereocenters. The van der Waals surface area contributed by atoms with E-state index in [1.54, 1.807) is 0 Å². The van der Waals surface area contributed by atoms with Crippen molar-refractivity contribution in [3.63, 3.8) is 0 Å². The smallest absolute Gasteiger partial charge is 0.0964 e. The van der Waals surface area contributed by atoms with Gasteiger partial charge in [-0.15, -0.1) is 0 Å². The lowest BCUT2D eigenvalue weighted by Gasteiger charge is -2.10. The van der Waals surface area contributed by atoms with Crippen LogP contribution >= 0.6 is 15.9 Å². The first-order valence-electron chi connectivity index (χ1n) is 10.9. The molecule has 0 amide bonds. The number of fused-ring (bicyclic) bond motifs is 6. The molecule has 0 unspecified atom stereocenters. The SMILES string of the molecule is Brc1ccc2c(c1)c1ccccc1n2-c1ccc2c(c1)c1ncccc1n2-c1ccccc1. The van der Waals surface area contributed by atoms with Crippen LogP contribution in [0.15, 0.2) is 114 Å². The Labute approximate surface area is 198 Å². The molecule has 156 valence electrons. The summed E-state index contributed by atoms with van der Waals surface area (Å²) in [5, 5.41) is 3.64. The number of halogens is 1. The molecule has 0 fully saturated rings. The second kappa shape index (κ2) is 7.06. The third kappa shape index (κ3) is 2.71. The van der Waals surface area contributed by atoms with E-state index in [4.69, 9.17) is 4.98 Å². The number of aromatic nitrogens is 3. The molecule has 0 radical (unpaired) electrons. The summed E-state index contributed by atoms with van der Waals surface area (Å²) in [6, 6.07) is 36.5. The second-order valence-electron chi connectivity index (χ2n) is 8.26. The minimum Gasteiger partial charge on any atom is -0.309 e. The van der Waals surface area contributed by atoms with Crippen LogP contribution in [0.1, 0.15) is 0 Å². The van der Waals surface area contributed by atoms with E-state index < -0.39 is 0 Å². The van der Waals surface area contributed by atoms with E-state index in [0.29, 0.717) is 0 Å². The van der Waals surface area contributed by atoms with Gasteiger partial charge in [-0.05, 0) is 66.7 Å². The van der Waals surface area contributed by atoms with Gasteiger partial charge in [0.25, 0.3) is 0 Å². The number of benzene rings is 4. The summed E-state index contributed by atoms with van der Waals surface area (Å²) in [4.78, 5) is 4.78. The van der Waals surface area contributed by atoms with Crippen molar-refractivity contribution in [2.75, 3.05) is 0 Å². The van der Waals surface area contributed by atoms with E-state index in [1.807, 2.05) is 18.3 Å². The third-order valence-electron chi connectivity index (χ3n) is 6.41. The van der Waals surface area contributed by atoms with Crippen LogP contribution in [0.25, 0.3) is 55.1 Å². The van der Waals surface area contributed by atoms with Gasteiger partial charge in [-0.3, -0.25) is 4.98 Å². The average Bonchev–Trinajstić information content (AvgIpc) is 3.37. The molecule has 3 heterocycles. The van der Waals surface area contributed by atoms with Crippen LogP contribution in [-0.2, 0) is 0 Å². The summed E-state index contributed by atoms with van der Waals surface area (Å²) in [5.74, 6) is 0. The highest BCUT2D eigenvalue weighted by molar-refractivity contribution is 9.10. The number of rotatable bonds is 2. The van der Waals surface area contributed by atoms with Crippen molar-refractivity contribution in [3.8, 4) is 11.4 Å². The van der Waals surface area contributed by atoms with Crippen molar-refractivity contribution in [2.45, 2.75) is 0 Å². The standard InChI is InChI=1S/C29H18BrN3/c30-19-12-14-26-23(17-19)22-9-4-5-10-25(22)33(26)21-13-15-27-24(18-21)29-28(11-6-16-31-29)32(27)20-7-2-1-3-8-20/h1-18H.